The molecule has 0 aliphatic heterocycles. The largest absolute Gasteiger partial charge is 0.294 e. The Kier molecular flexibility index (Phi) is 4.41. The van der Waals surface area contributed by atoms with Crippen LogP contribution >= 0.6 is 23.2 Å². The van der Waals surface area contributed by atoms with Gasteiger partial charge in [0.05, 0.1) is 15.6 Å². The molecule has 0 aliphatic rings. The van der Waals surface area contributed by atoms with Crippen molar-refractivity contribution in [3.63, 3.8) is 0 Å². The monoisotopic (exact) mass is 314 g/mol. The number of carbonyl (C=O) groups excluding carboxylic acids is 1. The van der Waals surface area contributed by atoms with Crippen molar-refractivity contribution in [2.75, 3.05) is 0 Å². The highest BCUT2D eigenvalue weighted by Crippen LogP contribution is 2.27. The van der Waals surface area contributed by atoms with Crippen LogP contribution in [0.5, 0.6) is 0 Å². The number of hydrogen-bond donors (Lipinski definition) is 0. The van der Waals surface area contributed by atoms with Gasteiger partial charge in [-0.25, -0.2) is 8.78 Å². The Morgan fingerprint density at radius 3 is 2.55 bits per heavy atom. The molecule has 0 amide bonds. The summed E-state index contributed by atoms with van der Waals surface area (Å²) in [5, 5.41) is 0.512. The second-order valence-corrected chi connectivity index (χ2v) is 5.15. The van der Waals surface area contributed by atoms with Gasteiger partial charge < -0.3 is 0 Å². The molecule has 2 aromatic rings. The van der Waals surface area contributed by atoms with E-state index in [0.717, 1.165) is 6.07 Å². The van der Waals surface area contributed by atoms with Crippen LogP contribution in [0.25, 0.3) is 0 Å². The average molecular weight is 315 g/mol. The van der Waals surface area contributed by atoms with Gasteiger partial charge in [-0.15, -0.1) is 0 Å². The third-order valence-electron chi connectivity index (χ3n) is 2.95. The van der Waals surface area contributed by atoms with E-state index in [-0.39, 0.29) is 17.0 Å². The summed E-state index contributed by atoms with van der Waals surface area (Å²) in [5.74, 6) is -2.39. The minimum Gasteiger partial charge on any atom is -0.294 e. The van der Waals surface area contributed by atoms with E-state index in [1.807, 2.05) is 0 Å². The molecule has 0 fully saturated rings. The Morgan fingerprint density at radius 1 is 1.15 bits per heavy atom. The van der Waals surface area contributed by atoms with Crippen molar-refractivity contribution in [2.24, 2.45) is 0 Å². The van der Waals surface area contributed by atoms with Gasteiger partial charge in [0.1, 0.15) is 11.6 Å². The van der Waals surface area contributed by atoms with Crippen LogP contribution in [0.3, 0.4) is 0 Å². The molecule has 0 N–H and O–H groups in total. The van der Waals surface area contributed by atoms with E-state index in [1.165, 1.54) is 13.0 Å². The number of aryl methyl sites for hydroxylation is 1. The standard InChI is InChI=1S/C15H10Cl2F2O/c1-8-5-6-11(18)13(15(8)19)12(20)7-9-3-2-4-10(16)14(9)17/h2-6H,7H2,1H3. The highest BCUT2D eigenvalue weighted by Gasteiger charge is 2.20. The lowest BCUT2D eigenvalue weighted by atomic mass is 10.00. The summed E-state index contributed by atoms with van der Waals surface area (Å²) in [5.41, 5.74) is 0.109. The van der Waals surface area contributed by atoms with E-state index in [1.54, 1.807) is 18.2 Å². The normalized spacial score (nSPS) is 10.7. The van der Waals surface area contributed by atoms with Crippen molar-refractivity contribution >= 4 is 29.0 Å². The maximum Gasteiger partial charge on any atom is 0.173 e. The van der Waals surface area contributed by atoms with Gasteiger partial charge in [-0.05, 0) is 30.2 Å². The fourth-order valence-corrected chi connectivity index (χ4v) is 2.25. The van der Waals surface area contributed by atoms with Crippen LogP contribution in [0.15, 0.2) is 30.3 Å². The third kappa shape index (κ3) is 2.84. The SMILES string of the molecule is Cc1ccc(F)c(C(=O)Cc2cccc(Cl)c2Cl)c1F. The first-order chi connectivity index (χ1) is 9.41. The molecule has 0 bridgehead atoms. The molecular formula is C15H10Cl2F2O. The summed E-state index contributed by atoms with van der Waals surface area (Å²) >= 11 is 11.8. The molecule has 1 nitrogen and oxygen atoms in total. The van der Waals surface area contributed by atoms with Crippen molar-refractivity contribution in [1.29, 1.82) is 0 Å². The number of ketones is 1. The summed E-state index contributed by atoms with van der Waals surface area (Å²) in [7, 11) is 0. The molecule has 0 radical (unpaired) electrons. The molecule has 5 heteroatoms. The maximum absolute atomic E-state index is 13.9. The Morgan fingerprint density at radius 2 is 1.85 bits per heavy atom. The van der Waals surface area contributed by atoms with E-state index in [4.69, 9.17) is 23.2 Å². The number of rotatable bonds is 3. The first-order valence-electron chi connectivity index (χ1n) is 5.82. The van der Waals surface area contributed by atoms with Crippen LogP contribution in [0.1, 0.15) is 21.5 Å². The van der Waals surface area contributed by atoms with Gasteiger partial charge in [0.2, 0.25) is 0 Å². The zero-order chi connectivity index (χ0) is 14.9. The minimum absolute atomic E-state index is 0.212. The number of halogens is 4. The molecule has 0 spiro atoms. The summed E-state index contributed by atoms with van der Waals surface area (Å²) in [6.45, 7) is 1.47. The van der Waals surface area contributed by atoms with E-state index < -0.39 is 23.0 Å². The highest BCUT2D eigenvalue weighted by atomic mass is 35.5. The van der Waals surface area contributed by atoms with Gasteiger partial charge in [0.15, 0.2) is 5.78 Å². The van der Waals surface area contributed by atoms with E-state index in [9.17, 15) is 13.6 Å². The summed E-state index contributed by atoms with van der Waals surface area (Å²) < 4.78 is 27.5. The number of carbonyl (C=O) groups is 1. The lowest BCUT2D eigenvalue weighted by molar-refractivity contribution is 0.0984. The number of hydrogen-bond acceptors (Lipinski definition) is 1. The van der Waals surface area contributed by atoms with Gasteiger partial charge in [0.25, 0.3) is 0 Å². The van der Waals surface area contributed by atoms with Crippen molar-refractivity contribution in [3.05, 3.63) is 68.7 Å². The van der Waals surface area contributed by atoms with E-state index in [2.05, 4.69) is 0 Å². The average Bonchev–Trinajstić information content (AvgIpc) is 2.40. The van der Waals surface area contributed by atoms with E-state index >= 15 is 0 Å². The van der Waals surface area contributed by atoms with Crippen LogP contribution in [-0.2, 0) is 6.42 Å². The van der Waals surface area contributed by atoms with Crippen LogP contribution in [0, 0.1) is 18.6 Å². The van der Waals surface area contributed by atoms with Crippen molar-refractivity contribution in [1.82, 2.24) is 0 Å². The smallest absolute Gasteiger partial charge is 0.173 e. The third-order valence-corrected chi connectivity index (χ3v) is 3.80. The molecule has 0 saturated heterocycles. The summed E-state index contributed by atoms with van der Waals surface area (Å²) in [6.07, 6.45) is -0.212. The first-order valence-corrected chi connectivity index (χ1v) is 6.58. The molecule has 0 aromatic heterocycles. The maximum atomic E-state index is 13.9. The first kappa shape index (κ1) is 14.9. The molecule has 0 aliphatic carbocycles. The lowest BCUT2D eigenvalue weighted by Crippen LogP contribution is -2.10. The van der Waals surface area contributed by atoms with Gasteiger partial charge in [-0.1, -0.05) is 41.4 Å². The van der Waals surface area contributed by atoms with Crippen LogP contribution in [0.4, 0.5) is 8.78 Å². The number of benzene rings is 2. The Balaban J connectivity index is 2.39. The molecular weight excluding hydrogens is 305 g/mol. The Hall–Kier alpha value is -1.45. The second-order valence-electron chi connectivity index (χ2n) is 4.37. The predicted octanol–water partition coefficient (Wildman–Crippen LogP) is 5.01. The van der Waals surface area contributed by atoms with Crippen LogP contribution in [-0.4, -0.2) is 5.78 Å². The Bertz CT molecular complexity index is 684. The van der Waals surface area contributed by atoms with Gasteiger partial charge in [-0.2, -0.15) is 0 Å². The molecule has 2 rings (SSSR count). The molecule has 0 saturated carbocycles. The molecule has 0 atom stereocenters. The zero-order valence-electron chi connectivity index (χ0n) is 10.5. The van der Waals surface area contributed by atoms with Crippen molar-refractivity contribution in [2.45, 2.75) is 13.3 Å². The fraction of sp³-hybridized carbons (Fsp3) is 0.133. The zero-order valence-corrected chi connectivity index (χ0v) is 12.0. The quantitative estimate of drug-likeness (QED) is 0.728. The van der Waals surface area contributed by atoms with E-state index in [0.29, 0.717) is 10.6 Å². The summed E-state index contributed by atoms with van der Waals surface area (Å²) in [6, 6.07) is 7.15. The van der Waals surface area contributed by atoms with Crippen LogP contribution in [0.2, 0.25) is 10.0 Å². The van der Waals surface area contributed by atoms with Crippen LogP contribution < -0.4 is 0 Å². The predicted molar refractivity (Wildman–Crippen MR) is 75.6 cm³/mol. The molecule has 20 heavy (non-hydrogen) atoms. The Labute approximate surface area is 125 Å². The lowest BCUT2D eigenvalue weighted by Gasteiger charge is -2.08. The fourth-order valence-electron chi connectivity index (χ4n) is 1.86. The molecule has 0 unspecified atom stereocenters. The second kappa shape index (κ2) is 5.90. The van der Waals surface area contributed by atoms with Gasteiger partial charge in [0, 0.05) is 6.42 Å². The topological polar surface area (TPSA) is 17.1 Å². The van der Waals surface area contributed by atoms with Gasteiger partial charge in [-0.3, -0.25) is 4.79 Å². The van der Waals surface area contributed by atoms with Gasteiger partial charge >= 0.3 is 0 Å². The molecule has 0 heterocycles. The minimum atomic E-state index is -0.878. The molecule has 2 aromatic carbocycles. The summed E-state index contributed by atoms with van der Waals surface area (Å²) in [4.78, 5) is 12.1. The van der Waals surface area contributed by atoms with Crippen molar-refractivity contribution < 1.29 is 13.6 Å². The highest BCUT2D eigenvalue weighted by molar-refractivity contribution is 6.42. The number of Topliss-reactive ketones (excluding diaryl/α,β-unsaturated/α-hetero) is 1. The van der Waals surface area contributed by atoms with Crippen molar-refractivity contribution in [3.8, 4) is 0 Å². The molecule has 104 valence electrons.